The molecule has 0 spiro atoms. The van der Waals surface area contributed by atoms with E-state index in [0.29, 0.717) is 18.7 Å². The molecule has 0 bridgehead atoms. The molecule has 1 aliphatic heterocycles. The lowest BCUT2D eigenvalue weighted by molar-refractivity contribution is -0.141. The maximum absolute atomic E-state index is 12.9. The Hall–Kier alpha value is -2.61. The van der Waals surface area contributed by atoms with Gasteiger partial charge in [-0.3, -0.25) is 9.78 Å². The van der Waals surface area contributed by atoms with Crippen molar-refractivity contribution in [2.75, 3.05) is 46.2 Å². The molecule has 8 heteroatoms. The molecule has 2 heterocycles. The number of hydrogen-bond acceptors (Lipinski definition) is 4. The molecule has 1 fully saturated rings. The average molecular weight is 420 g/mol. The van der Waals surface area contributed by atoms with Crippen molar-refractivity contribution in [3.63, 3.8) is 0 Å². The topological polar surface area (TPSA) is 39.7 Å². The first kappa shape index (κ1) is 22.1. The molecule has 1 amide bonds. The van der Waals surface area contributed by atoms with Crippen molar-refractivity contribution in [3.05, 3.63) is 59.4 Å². The Bertz CT molecular complexity index is 865. The van der Waals surface area contributed by atoms with Crippen molar-refractivity contribution in [1.29, 1.82) is 0 Å². The third-order valence-corrected chi connectivity index (χ3v) is 5.68. The minimum atomic E-state index is -4.46. The fourth-order valence-electron chi connectivity index (χ4n) is 3.89. The number of aromatic nitrogens is 1. The molecule has 30 heavy (non-hydrogen) atoms. The molecule has 0 aliphatic carbocycles. The van der Waals surface area contributed by atoms with Crippen molar-refractivity contribution in [1.82, 2.24) is 14.8 Å². The van der Waals surface area contributed by atoms with Crippen LogP contribution in [0, 0.1) is 0 Å². The lowest BCUT2D eigenvalue weighted by Gasteiger charge is -2.29. The van der Waals surface area contributed by atoms with Gasteiger partial charge in [0, 0.05) is 52.0 Å². The Kier molecular flexibility index (Phi) is 6.36. The summed E-state index contributed by atoms with van der Waals surface area (Å²) in [4.78, 5) is 22.3. The SMILES string of the molecule is CN1C[C@@H](N(C)C(=O)Cc2ccc(N(C)C)cc2)[C@H](c2ccc(C(F)(F)F)nc2)C1. The Morgan fingerprint density at radius 1 is 1.10 bits per heavy atom. The summed E-state index contributed by atoms with van der Waals surface area (Å²) in [7, 11) is 7.63. The Balaban J connectivity index is 1.73. The molecule has 1 aromatic carbocycles. The molecule has 1 saturated heterocycles. The lowest BCUT2D eigenvalue weighted by Crippen LogP contribution is -2.42. The number of benzene rings is 1. The van der Waals surface area contributed by atoms with E-state index in [1.165, 1.54) is 12.3 Å². The number of pyridine rings is 1. The molecule has 1 aliphatic rings. The van der Waals surface area contributed by atoms with Gasteiger partial charge in [0.25, 0.3) is 0 Å². The van der Waals surface area contributed by atoms with Gasteiger partial charge in [0.05, 0.1) is 12.5 Å². The number of anilines is 1. The molecule has 0 N–H and O–H groups in total. The average Bonchev–Trinajstić information content (AvgIpc) is 3.09. The fourth-order valence-corrected chi connectivity index (χ4v) is 3.89. The molecular weight excluding hydrogens is 393 g/mol. The molecule has 5 nitrogen and oxygen atoms in total. The van der Waals surface area contributed by atoms with E-state index < -0.39 is 11.9 Å². The number of amides is 1. The second-order valence-electron chi connectivity index (χ2n) is 8.11. The van der Waals surface area contributed by atoms with E-state index in [-0.39, 0.29) is 24.3 Å². The predicted octanol–water partition coefficient (Wildman–Crippen LogP) is 3.27. The van der Waals surface area contributed by atoms with E-state index in [1.54, 1.807) is 11.9 Å². The number of carbonyl (C=O) groups is 1. The van der Waals surface area contributed by atoms with E-state index in [9.17, 15) is 18.0 Å². The van der Waals surface area contributed by atoms with Gasteiger partial charge < -0.3 is 14.7 Å². The van der Waals surface area contributed by atoms with E-state index in [0.717, 1.165) is 17.3 Å². The summed E-state index contributed by atoms with van der Waals surface area (Å²) in [5, 5.41) is 0. The van der Waals surface area contributed by atoms with E-state index >= 15 is 0 Å². The number of nitrogens with zero attached hydrogens (tertiary/aromatic N) is 4. The van der Waals surface area contributed by atoms with Crippen LogP contribution in [0.2, 0.25) is 0 Å². The summed E-state index contributed by atoms with van der Waals surface area (Å²) < 4.78 is 38.5. The quantitative estimate of drug-likeness (QED) is 0.745. The molecule has 1 aromatic heterocycles. The summed E-state index contributed by atoms with van der Waals surface area (Å²) in [6.45, 7) is 1.32. The van der Waals surface area contributed by atoms with Crippen LogP contribution in [0.4, 0.5) is 18.9 Å². The largest absolute Gasteiger partial charge is 0.433 e. The van der Waals surface area contributed by atoms with Crippen LogP contribution in [-0.2, 0) is 17.4 Å². The first-order valence-electron chi connectivity index (χ1n) is 9.80. The smallest absolute Gasteiger partial charge is 0.378 e. The number of likely N-dealkylation sites (N-methyl/N-ethyl adjacent to an activating group) is 2. The Morgan fingerprint density at radius 2 is 1.77 bits per heavy atom. The minimum Gasteiger partial charge on any atom is -0.378 e. The fraction of sp³-hybridized carbons (Fsp3) is 0.455. The van der Waals surface area contributed by atoms with Gasteiger partial charge in [0.15, 0.2) is 0 Å². The van der Waals surface area contributed by atoms with Crippen molar-refractivity contribution in [2.24, 2.45) is 0 Å². The standard InChI is InChI=1S/C22H27F3N4O/c1-27(2)17-8-5-15(6-9-17)11-21(30)29(4)19-14-28(3)13-18(19)16-7-10-20(26-12-16)22(23,24)25/h5-10,12,18-19H,11,13-14H2,1-4H3/t18-,19+/m0/s1. The first-order valence-corrected chi connectivity index (χ1v) is 9.80. The molecule has 2 atom stereocenters. The summed E-state index contributed by atoms with van der Waals surface area (Å²) in [6.07, 6.45) is -2.89. The number of likely N-dealkylation sites (tertiary alicyclic amines) is 1. The van der Waals surface area contributed by atoms with Gasteiger partial charge in [-0.1, -0.05) is 18.2 Å². The molecular formula is C22H27F3N4O. The number of alkyl halides is 3. The predicted molar refractivity (Wildman–Crippen MR) is 111 cm³/mol. The normalized spacial score (nSPS) is 19.7. The molecule has 0 radical (unpaired) electrons. The van der Waals surface area contributed by atoms with Crippen LogP contribution in [0.5, 0.6) is 0 Å². The summed E-state index contributed by atoms with van der Waals surface area (Å²) >= 11 is 0. The van der Waals surface area contributed by atoms with Gasteiger partial charge in [0.2, 0.25) is 5.91 Å². The van der Waals surface area contributed by atoms with E-state index in [1.807, 2.05) is 50.3 Å². The highest BCUT2D eigenvalue weighted by Crippen LogP contribution is 2.32. The zero-order chi connectivity index (χ0) is 22.1. The highest BCUT2D eigenvalue weighted by Gasteiger charge is 2.38. The van der Waals surface area contributed by atoms with Crippen LogP contribution in [-0.4, -0.2) is 68.0 Å². The third-order valence-electron chi connectivity index (χ3n) is 5.68. The molecule has 162 valence electrons. The van der Waals surface area contributed by atoms with Gasteiger partial charge in [-0.25, -0.2) is 0 Å². The van der Waals surface area contributed by atoms with Crippen molar-refractivity contribution >= 4 is 11.6 Å². The zero-order valence-corrected chi connectivity index (χ0v) is 17.6. The number of halogens is 3. The molecule has 0 unspecified atom stereocenters. The third kappa shape index (κ3) is 4.92. The zero-order valence-electron chi connectivity index (χ0n) is 17.6. The summed E-state index contributed by atoms with van der Waals surface area (Å²) in [5.74, 6) is -0.104. The molecule has 2 aromatic rings. The lowest BCUT2D eigenvalue weighted by atomic mass is 9.94. The summed E-state index contributed by atoms with van der Waals surface area (Å²) in [6, 6.07) is 10.2. The van der Waals surface area contributed by atoms with Crippen molar-refractivity contribution in [2.45, 2.75) is 24.6 Å². The van der Waals surface area contributed by atoms with Crippen LogP contribution in [0.3, 0.4) is 0 Å². The second-order valence-corrected chi connectivity index (χ2v) is 8.11. The maximum Gasteiger partial charge on any atom is 0.433 e. The first-order chi connectivity index (χ1) is 14.1. The van der Waals surface area contributed by atoms with Crippen LogP contribution >= 0.6 is 0 Å². The Morgan fingerprint density at radius 3 is 2.30 bits per heavy atom. The highest BCUT2D eigenvalue weighted by atomic mass is 19.4. The van der Waals surface area contributed by atoms with Gasteiger partial charge in [-0.15, -0.1) is 0 Å². The number of carbonyl (C=O) groups excluding carboxylic acids is 1. The summed E-state index contributed by atoms with van der Waals surface area (Å²) in [5.41, 5.74) is 1.80. The number of hydrogen-bond donors (Lipinski definition) is 0. The van der Waals surface area contributed by atoms with E-state index in [4.69, 9.17) is 0 Å². The van der Waals surface area contributed by atoms with Gasteiger partial charge >= 0.3 is 6.18 Å². The maximum atomic E-state index is 12.9. The van der Waals surface area contributed by atoms with Crippen LogP contribution in [0.15, 0.2) is 42.6 Å². The Labute approximate surface area is 175 Å². The van der Waals surface area contributed by atoms with Gasteiger partial charge in [0.1, 0.15) is 5.69 Å². The molecule has 3 rings (SSSR count). The number of rotatable bonds is 5. The molecule has 0 saturated carbocycles. The van der Waals surface area contributed by atoms with Gasteiger partial charge in [-0.05, 0) is 36.4 Å². The van der Waals surface area contributed by atoms with Gasteiger partial charge in [-0.2, -0.15) is 13.2 Å². The highest BCUT2D eigenvalue weighted by molar-refractivity contribution is 5.79. The monoisotopic (exact) mass is 420 g/mol. The van der Waals surface area contributed by atoms with Crippen molar-refractivity contribution in [3.8, 4) is 0 Å². The second kappa shape index (κ2) is 8.63. The van der Waals surface area contributed by atoms with Crippen LogP contribution in [0.25, 0.3) is 0 Å². The minimum absolute atomic E-state index is 0.0160. The van der Waals surface area contributed by atoms with Crippen LogP contribution in [0.1, 0.15) is 22.7 Å². The van der Waals surface area contributed by atoms with E-state index in [2.05, 4.69) is 9.88 Å². The van der Waals surface area contributed by atoms with Crippen molar-refractivity contribution < 1.29 is 18.0 Å². The van der Waals surface area contributed by atoms with Crippen LogP contribution < -0.4 is 4.90 Å².